The normalized spacial score (nSPS) is 11.6. The van der Waals surface area contributed by atoms with Crippen molar-refractivity contribution in [2.24, 2.45) is 0 Å². The van der Waals surface area contributed by atoms with E-state index in [2.05, 4.69) is 181 Å². The lowest BCUT2D eigenvalue weighted by Gasteiger charge is -2.29. The van der Waals surface area contributed by atoms with Crippen molar-refractivity contribution in [3.8, 4) is 33.4 Å². The highest BCUT2D eigenvalue weighted by Gasteiger charge is 2.23. The van der Waals surface area contributed by atoms with Gasteiger partial charge in [0, 0.05) is 27.4 Å². The number of hydrogen-bond donors (Lipinski definition) is 0. The van der Waals surface area contributed by atoms with Gasteiger partial charge in [0.2, 0.25) is 0 Å². The third-order valence-corrected chi connectivity index (χ3v) is 10.8. The van der Waals surface area contributed by atoms with Crippen molar-refractivity contribution < 1.29 is 8.83 Å². The predicted molar refractivity (Wildman–Crippen MR) is 229 cm³/mol. The minimum atomic E-state index is 0.849. The maximum Gasteiger partial charge on any atom is 0.137 e. The molecule has 0 radical (unpaired) electrons. The van der Waals surface area contributed by atoms with Gasteiger partial charge in [-0.1, -0.05) is 140 Å². The number of rotatable bonds is 6. The van der Waals surface area contributed by atoms with Crippen LogP contribution in [0.5, 0.6) is 0 Å². The first-order valence-corrected chi connectivity index (χ1v) is 18.7. The molecule has 0 spiro atoms. The molecular formula is C52H33NO2. The van der Waals surface area contributed by atoms with Gasteiger partial charge in [-0.05, 0) is 99.3 Å². The van der Waals surface area contributed by atoms with Crippen LogP contribution in [-0.2, 0) is 0 Å². The smallest absolute Gasteiger partial charge is 0.137 e. The molecule has 9 aromatic carbocycles. The summed E-state index contributed by atoms with van der Waals surface area (Å²) in [5.41, 5.74) is 13.4. The number of para-hydroxylation sites is 2. The molecule has 0 unspecified atom stereocenters. The Morgan fingerprint density at radius 3 is 1.80 bits per heavy atom. The number of benzene rings is 9. The van der Waals surface area contributed by atoms with Crippen LogP contribution in [0.4, 0.5) is 17.1 Å². The Morgan fingerprint density at radius 2 is 0.909 bits per heavy atom. The molecule has 0 fully saturated rings. The minimum absolute atomic E-state index is 0.849. The summed E-state index contributed by atoms with van der Waals surface area (Å²) < 4.78 is 12.8. The SMILES string of the molecule is c1ccc(-c2ccc(-c3ccc4ccccc4c3)cc2N(c2cccc(-c3ccc4c(c3)oc3ccccc34)c2)c2cccc3oc4ccccc4c23)cc1. The number of anilines is 3. The summed E-state index contributed by atoms with van der Waals surface area (Å²) in [5, 5.41) is 6.84. The Balaban J connectivity index is 1.17. The Morgan fingerprint density at radius 1 is 0.309 bits per heavy atom. The molecular weight excluding hydrogens is 671 g/mol. The van der Waals surface area contributed by atoms with E-state index in [1.165, 1.54) is 16.3 Å². The molecule has 0 aliphatic rings. The van der Waals surface area contributed by atoms with E-state index in [0.29, 0.717) is 0 Å². The lowest BCUT2D eigenvalue weighted by molar-refractivity contribution is 0.668. The molecule has 3 heteroatoms. The lowest BCUT2D eigenvalue weighted by Crippen LogP contribution is -2.12. The first-order valence-electron chi connectivity index (χ1n) is 18.7. The zero-order valence-corrected chi connectivity index (χ0v) is 29.8. The summed E-state index contributed by atoms with van der Waals surface area (Å²) in [7, 11) is 0. The van der Waals surface area contributed by atoms with E-state index in [4.69, 9.17) is 8.83 Å². The van der Waals surface area contributed by atoms with Crippen LogP contribution >= 0.6 is 0 Å². The van der Waals surface area contributed by atoms with Crippen LogP contribution in [0.2, 0.25) is 0 Å². The molecule has 0 saturated heterocycles. The number of hydrogen-bond acceptors (Lipinski definition) is 3. The Hall–Kier alpha value is -7.36. The molecule has 2 aromatic heterocycles. The monoisotopic (exact) mass is 703 g/mol. The van der Waals surface area contributed by atoms with Crippen molar-refractivity contribution in [2.75, 3.05) is 4.90 Å². The molecule has 0 aliphatic heterocycles. The quantitative estimate of drug-likeness (QED) is 0.173. The fourth-order valence-corrected chi connectivity index (χ4v) is 8.21. The molecule has 11 rings (SSSR count). The summed E-state index contributed by atoms with van der Waals surface area (Å²) in [4.78, 5) is 2.42. The second kappa shape index (κ2) is 12.6. The Kier molecular flexibility index (Phi) is 7.17. The van der Waals surface area contributed by atoms with E-state index < -0.39 is 0 Å². The molecule has 0 aliphatic carbocycles. The van der Waals surface area contributed by atoms with Gasteiger partial charge in [-0.25, -0.2) is 0 Å². The Bertz CT molecular complexity index is 3220. The van der Waals surface area contributed by atoms with Gasteiger partial charge < -0.3 is 13.7 Å². The summed E-state index contributed by atoms with van der Waals surface area (Å²) in [5.74, 6) is 0. The largest absolute Gasteiger partial charge is 0.456 e. The van der Waals surface area contributed by atoms with E-state index in [1.54, 1.807) is 0 Å². The summed E-state index contributed by atoms with van der Waals surface area (Å²) in [6.07, 6.45) is 0. The van der Waals surface area contributed by atoms with Crippen LogP contribution in [0.3, 0.4) is 0 Å². The summed E-state index contributed by atoms with van der Waals surface area (Å²) >= 11 is 0. The maximum atomic E-state index is 6.49. The summed E-state index contributed by atoms with van der Waals surface area (Å²) in [6.45, 7) is 0. The van der Waals surface area contributed by atoms with E-state index >= 15 is 0 Å². The van der Waals surface area contributed by atoms with Gasteiger partial charge in [-0.15, -0.1) is 0 Å². The number of furan rings is 2. The van der Waals surface area contributed by atoms with Gasteiger partial charge in [-0.2, -0.15) is 0 Å². The van der Waals surface area contributed by atoms with Crippen LogP contribution in [0.15, 0.2) is 209 Å². The lowest BCUT2D eigenvalue weighted by atomic mass is 9.95. The molecule has 55 heavy (non-hydrogen) atoms. The van der Waals surface area contributed by atoms with Gasteiger partial charge in [0.05, 0.1) is 16.8 Å². The highest BCUT2D eigenvalue weighted by molar-refractivity contribution is 6.14. The van der Waals surface area contributed by atoms with Crippen LogP contribution in [0, 0.1) is 0 Å². The van der Waals surface area contributed by atoms with Crippen LogP contribution in [-0.4, -0.2) is 0 Å². The topological polar surface area (TPSA) is 29.5 Å². The zero-order chi connectivity index (χ0) is 36.3. The number of nitrogens with zero attached hydrogens (tertiary/aromatic N) is 1. The zero-order valence-electron chi connectivity index (χ0n) is 29.8. The first-order chi connectivity index (χ1) is 27.2. The van der Waals surface area contributed by atoms with Crippen LogP contribution < -0.4 is 4.90 Å². The third kappa shape index (κ3) is 5.28. The number of fused-ring (bicyclic) bond motifs is 7. The van der Waals surface area contributed by atoms with E-state index in [9.17, 15) is 0 Å². The fourth-order valence-electron chi connectivity index (χ4n) is 8.21. The van der Waals surface area contributed by atoms with Crippen molar-refractivity contribution in [1.82, 2.24) is 0 Å². The second-order valence-electron chi connectivity index (χ2n) is 14.1. The predicted octanol–water partition coefficient (Wildman–Crippen LogP) is 15.1. The van der Waals surface area contributed by atoms with Crippen molar-refractivity contribution in [3.63, 3.8) is 0 Å². The molecule has 3 nitrogen and oxygen atoms in total. The van der Waals surface area contributed by atoms with Gasteiger partial charge in [0.25, 0.3) is 0 Å². The third-order valence-electron chi connectivity index (χ3n) is 10.8. The van der Waals surface area contributed by atoms with E-state index in [1.807, 2.05) is 24.3 Å². The van der Waals surface area contributed by atoms with Crippen LogP contribution in [0.1, 0.15) is 0 Å². The molecule has 0 amide bonds. The van der Waals surface area contributed by atoms with Crippen molar-refractivity contribution in [1.29, 1.82) is 0 Å². The highest BCUT2D eigenvalue weighted by atomic mass is 16.3. The molecule has 0 N–H and O–H groups in total. The molecule has 0 bridgehead atoms. The van der Waals surface area contributed by atoms with Crippen LogP contribution in [0.25, 0.3) is 88.0 Å². The van der Waals surface area contributed by atoms with Gasteiger partial charge >= 0.3 is 0 Å². The molecule has 11 aromatic rings. The van der Waals surface area contributed by atoms with Crippen molar-refractivity contribution >= 4 is 71.7 Å². The minimum Gasteiger partial charge on any atom is -0.456 e. The van der Waals surface area contributed by atoms with E-state index in [0.717, 1.165) is 88.8 Å². The molecule has 0 saturated carbocycles. The van der Waals surface area contributed by atoms with Gasteiger partial charge in [0.1, 0.15) is 22.3 Å². The Labute approximate surface area is 317 Å². The maximum absolute atomic E-state index is 6.49. The van der Waals surface area contributed by atoms with E-state index in [-0.39, 0.29) is 0 Å². The van der Waals surface area contributed by atoms with Gasteiger partial charge in [-0.3, -0.25) is 0 Å². The molecule has 258 valence electrons. The highest BCUT2D eigenvalue weighted by Crippen LogP contribution is 2.48. The average molecular weight is 704 g/mol. The standard InChI is InChI=1S/C52H33NO2/c1-2-13-35(14-3-1)42-28-26-39(38-25-24-34-12-4-5-15-36(34)30-38)32-47(42)53(46-20-11-23-50-52(46)45-19-7-9-22-49(45)54-50)41-17-10-16-37(31-41)40-27-29-44-43-18-6-8-21-48(43)55-51(44)33-40/h1-33H. The molecule has 0 atom stereocenters. The first kappa shape index (κ1) is 31.2. The van der Waals surface area contributed by atoms with Gasteiger partial charge in [0.15, 0.2) is 0 Å². The fraction of sp³-hybridized carbons (Fsp3) is 0. The average Bonchev–Trinajstić information content (AvgIpc) is 3.83. The van der Waals surface area contributed by atoms with Crippen molar-refractivity contribution in [2.45, 2.75) is 0 Å². The second-order valence-corrected chi connectivity index (χ2v) is 14.1. The molecule has 2 heterocycles. The van der Waals surface area contributed by atoms with Crippen molar-refractivity contribution in [3.05, 3.63) is 200 Å². The summed E-state index contributed by atoms with van der Waals surface area (Å²) in [6, 6.07) is 71.2.